The standard InChI is InChI=1S/C21H18N2/c1-15-11-13-17(14-12-15)21-22-19-10-6-5-9-18(19)20(23-21)16-7-3-2-4-8-16/h3,5-14H,2,4H2,1H3. The smallest absolute Gasteiger partial charge is 0.160 e. The van der Waals surface area contributed by atoms with Gasteiger partial charge >= 0.3 is 0 Å². The first-order valence-electron chi connectivity index (χ1n) is 8.02. The second kappa shape index (κ2) is 5.81. The van der Waals surface area contributed by atoms with E-state index in [9.17, 15) is 0 Å². The third-order valence-electron chi connectivity index (χ3n) is 4.18. The van der Waals surface area contributed by atoms with E-state index in [2.05, 4.69) is 61.5 Å². The van der Waals surface area contributed by atoms with Gasteiger partial charge in [0, 0.05) is 10.9 Å². The number of rotatable bonds is 2. The van der Waals surface area contributed by atoms with E-state index in [1.54, 1.807) is 0 Å². The van der Waals surface area contributed by atoms with Gasteiger partial charge in [-0.1, -0.05) is 66.3 Å². The average Bonchev–Trinajstić information content (AvgIpc) is 2.62. The van der Waals surface area contributed by atoms with Crippen molar-refractivity contribution in [3.05, 3.63) is 78.0 Å². The summed E-state index contributed by atoms with van der Waals surface area (Å²) < 4.78 is 0. The summed E-state index contributed by atoms with van der Waals surface area (Å²) in [6.45, 7) is 2.09. The molecule has 1 aromatic heterocycles. The molecule has 4 rings (SSSR count). The van der Waals surface area contributed by atoms with Gasteiger partial charge in [0.05, 0.1) is 11.2 Å². The highest BCUT2D eigenvalue weighted by atomic mass is 14.9. The molecule has 0 fully saturated rings. The van der Waals surface area contributed by atoms with Gasteiger partial charge in [-0.25, -0.2) is 9.97 Å². The molecule has 1 heterocycles. The van der Waals surface area contributed by atoms with Gasteiger partial charge in [-0.05, 0) is 31.4 Å². The predicted molar refractivity (Wildman–Crippen MR) is 96.1 cm³/mol. The average molecular weight is 298 g/mol. The van der Waals surface area contributed by atoms with E-state index < -0.39 is 0 Å². The quantitative estimate of drug-likeness (QED) is 0.638. The lowest BCUT2D eigenvalue weighted by Gasteiger charge is -2.12. The SMILES string of the molecule is Cc1ccc(-c2nc(C3=CCCC=C3)c3ccccc3n2)cc1. The maximum atomic E-state index is 4.89. The maximum absolute atomic E-state index is 4.89. The van der Waals surface area contributed by atoms with Gasteiger partial charge < -0.3 is 0 Å². The van der Waals surface area contributed by atoms with Crippen LogP contribution in [0.5, 0.6) is 0 Å². The Kier molecular flexibility index (Phi) is 3.51. The minimum atomic E-state index is 0.790. The summed E-state index contributed by atoms with van der Waals surface area (Å²) in [4.78, 5) is 9.66. The molecule has 0 aliphatic heterocycles. The van der Waals surface area contributed by atoms with Crippen LogP contribution in [-0.4, -0.2) is 9.97 Å². The van der Waals surface area contributed by atoms with Crippen LogP contribution in [0.3, 0.4) is 0 Å². The molecule has 0 saturated heterocycles. The summed E-state index contributed by atoms with van der Waals surface area (Å²) in [6, 6.07) is 16.6. The molecule has 0 saturated carbocycles. The lowest BCUT2D eigenvalue weighted by atomic mass is 10.0. The minimum Gasteiger partial charge on any atom is -0.228 e. The molecule has 0 amide bonds. The number of para-hydroxylation sites is 1. The number of hydrogen-bond acceptors (Lipinski definition) is 2. The zero-order valence-corrected chi connectivity index (χ0v) is 13.2. The first-order chi connectivity index (χ1) is 11.3. The Morgan fingerprint density at radius 2 is 1.70 bits per heavy atom. The fraction of sp³-hybridized carbons (Fsp3) is 0.143. The van der Waals surface area contributed by atoms with Crippen molar-refractivity contribution in [2.45, 2.75) is 19.8 Å². The van der Waals surface area contributed by atoms with Gasteiger partial charge in [0.1, 0.15) is 0 Å². The molecule has 0 radical (unpaired) electrons. The summed E-state index contributed by atoms with van der Waals surface area (Å²) in [5.41, 5.74) is 5.52. The summed E-state index contributed by atoms with van der Waals surface area (Å²) in [5, 5.41) is 1.11. The van der Waals surface area contributed by atoms with Crippen LogP contribution in [0, 0.1) is 6.92 Å². The Morgan fingerprint density at radius 1 is 0.870 bits per heavy atom. The number of nitrogens with zero attached hydrogens (tertiary/aromatic N) is 2. The monoisotopic (exact) mass is 298 g/mol. The molecule has 2 aromatic carbocycles. The third kappa shape index (κ3) is 2.68. The number of hydrogen-bond donors (Lipinski definition) is 0. The fourth-order valence-electron chi connectivity index (χ4n) is 2.92. The molecule has 1 aliphatic carbocycles. The molecule has 3 aromatic rings. The van der Waals surface area contributed by atoms with Crippen LogP contribution in [0.15, 0.2) is 66.8 Å². The highest BCUT2D eigenvalue weighted by Gasteiger charge is 2.12. The number of aromatic nitrogens is 2. The van der Waals surface area contributed by atoms with Crippen LogP contribution in [0.4, 0.5) is 0 Å². The minimum absolute atomic E-state index is 0.790. The zero-order chi connectivity index (χ0) is 15.6. The molecule has 0 N–H and O–H groups in total. The second-order valence-corrected chi connectivity index (χ2v) is 5.92. The van der Waals surface area contributed by atoms with E-state index in [1.165, 1.54) is 11.1 Å². The molecule has 1 aliphatic rings. The lowest BCUT2D eigenvalue weighted by Crippen LogP contribution is -1.98. The Balaban J connectivity index is 1.95. The highest BCUT2D eigenvalue weighted by molar-refractivity contribution is 5.93. The van der Waals surface area contributed by atoms with Crippen LogP contribution in [0.25, 0.3) is 27.9 Å². The van der Waals surface area contributed by atoms with Crippen molar-refractivity contribution in [1.82, 2.24) is 9.97 Å². The van der Waals surface area contributed by atoms with Crippen molar-refractivity contribution in [1.29, 1.82) is 0 Å². The van der Waals surface area contributed by atoms with Crippen LogP contribution >= 0.6 is 0 Å². The first kappa shape index (κ1) is 13.9. The molecule has 0 bridgehead atoms. The van der Waals surface area contributed by atoms with Gasteiger partial charge in [-0.3, -0.25) is 0 Å². The lowest BCUT2D eigenvalue weighted by molar-refractivity contribution is 1.04. The number of benzene rings is 2. The van der Waals surface area contributed by atoms with Crippen LogP contribution < -0.4 is 0 Å². The molecule has 0 unspecified atom stereocenters. The van der Waals surface area contributed by atoms with Crippen molar-refractivity contribution in [3.63, 3.8) is 0 Å². The van der Waals surface area contributed by atoms with Crippen molar-refractivity contribution < 1.29 is 0 Å². The summed E-state index contributed by atoms with van der Waals surface area (Å²) >= 11 is 0. The number of allylic oxidation sites excluding steroid dienone is 4. The normalized spacial score (nSPS) is 14.0. The summed E-state index contributed by atoms with van der Waals surface area (Å²) in [6.07, 6.45) is 8.85. The molecular formula is C21H18N2. The van der Waals surface area contributed by atoms with Gasteiger partial charge in [0.25, 0.3) is 0 Å². The van der Waals surface area contributed by atoms with Gasteiger partial charge in [-0.2, -0.15) is 0 Å². The Morgan fingerprint density at radius 3 is 2.48 bits per heavy atom. The first-order valence-corrected chi connectivity index (χ1v) is 8.02. The van der Waals surface area contributed by atoms with E-state index in [4.69, 9.17) is 9.97 Å². The van der Waals surface area contributed by atoms with Crippen LogP contribution in [0.1, 0.15) is 24.1 Å². The molecule has 2 nitrogen and oxygen atoms in total. The van der Waals surface area contributed by atoms with E-state index in [-0.39, 0.29) is 0 Å². The van der Waals surface area contributed by atoms with Crippen LogP contribution in [0.2, 0.25) is 0 Å². The van der Waals surface area contributed by atoms with E-state index in [1.807, 2.05) is 12.1 Å². The summed E-state index contributed by atoms with van der Waals surface area (Å²) in [5.74, 6) is 0.790. The van der Waals surface area contributed by atoms with Gasteiger partial charge in [0.15, 0.2) is 5.82 Å². The van der Waals surface area contributed by atoms with Crippen molar-refractivity contribution in [3.8, 4) is 11.4 Å². The van der Waals surface area contributed by atoms with E-state index in [0.29, 0.717) is 0 Å². The number of aryl methyl sites for hydroxylation is 1. The largest absolute Gasteiger partial charge is 0.228 e. The Hall–Kier alpha value is -2.74. The second-order valence-electron chi connectivity index (χ2n) is 5.92. The molecule has 112 valence electrons. The zero-order valence-electron chi connectivity index (χ0n) is 13.2. The van der Waals surface area contributed by atoms with E-state index >= 15 is 0 Å². The van der Waals surface area contributed by atoms with Gasteiger partial charge in [-0.15, -0.1) is 0 Å². The molecule has 0 atom stereocenters. The van der Waals surface area contributed by atoms with Crippen molar-refractivity contribution in [2.75, 3.05) is 0 Å². The molecule has 2 heteroatoms. The number of fused-ring (bicyclic) bond motifs is 1. The van der Waals surface area contributed by atoms with Gasteiger partial charge in [0.2, 0.25) is 0 Å². The Bertz CT molecular complexity index is 918. The fourth-order valence-corrected chi connectivity index (χ4v) is 2.92. The summed E-state index contributed by atoms with van der Waals surface area (Å²) in [7, 11) is 0. The van der Waals surface area contributed by atoms with E-state index in [0.717, 1.165) is 40.8 Å². The third-order valence-corrected chi connectivity index (χ3v) is 4.18. The molecular weight excluding hydrogens is 280 g/mol. The highest BCUT2D eigenvalue weighted by Crippen LogP contribution is 2.29. The molecule has 0 spiro atoms. The predicted octanol–water partition coefficient (Wildman–Crippen LogP) is 5.34. The van der Waals surface area contributed by atoms with Crippen molar-refractivity contribution >= 4 is 16.5 Å². The Labute approximate surface area is 136 Å². The topological polar surface area (TPSA) is 25.8 Å². The molecule has 23 heavy (non-hydrogen) atoms. The van der Waals surface area contributed by atoms with Crippen LogP contribution in [-0.2, 0) is 0 Å². The maximum Gasteiger partial charge on any atom is 0.160 e. The van der Waals surface area contributed by atoms with Crippen molar-refractivity contribution in [2.24, 2.45) is 0 Å².